The van der Waals surface area contributed by atoms with Gasteiger partial charge in [0.05, 0.1) is 6.04 Å². The molecule has 0 saturated carbocycles. The van der Waals surface area contributed by atoms with E-state index in [2.05, 4.69) is 20.5 Å². The van der Waals surface area contributed by atoms with Gasteiger partial charge in [0.1, 0.15) is 11.6 Å². The molecular formula is C13H15FN4. The van der Waals surface area contributed by atoms with Crippen molar-refractivity contribution < 1.29 is 4.39 Å². The Labute approximate surface area is 105 Å². The third kappa shape index (κ3) is 2.41. The van der Waals surface area contributed by atoms with Gasteiger partial charge in [-0.1, -0.05) is 12.1 Å². The lowest BCUT2D eigenvalue weighted by atomic mass is 10.1. The predicted octanol–water partition coefficient (Wildman–Crippen LogP) is 1.96. The summed E-state index contributed by atoms with van der Waals surface area (Å²) in [7, 11) is 0. The standard InChI is InChI=1S/C13H15FN4/c14-10-5-3-9(4-6-10)8-12-16-13(18-17-12)11-2-1-7-15-11/h3-6,11,15H,1-2,7-8H2,(H,16,17,18). The van der Waals surface area contributed by atoms with Gasteiger partial charge in [-0.2, -0.15) is 5.10 Å². The average molecular weight is 246 g/mol. The molecule has 4 nitrogen and oxygen atoms in total. The molecule has 3 rings (SSSR count). The number of H-pyrrole nitrogens is 1. The summed E-state index contributed by atoms with van der Waals surface area (Å²) >= 11 is 0. The smallest absolute Gasteiger partial charge is 0.167 e. The minimum absolute atomic E-state index is 0.216. The van der Waals surface area contributed by atoms with Crippen LogP contribution in [0, 0.1) is 5.82 Å². The first kappa shape index (κ1) is 11.3. The van der Waals surface area contributed by atoms with Crippen LogP contribution in [0.4, 0.5) is 4.39 Å². The molecule has 1 aromatic heterocycles. The van der Waals surface area contributed by atoms with Gasteiger partial charge in [0, 0.05) is 6.42 Å². The second kappa shape index (κ2) is 4.86. The Hall–Kier alpha value is -1.75. The van der Waals surface area contributed by atoms with Gasteiger partial charge >= 0.3 is 0 Å². The maximum Gasteiger partial charge on any atom is 0.167 e. The normalized spacial score (nSPS) is 19.3. The number of nitrogens with zero attached hydrogens (tertiary/aromatic N) is 2. The van der Waals surface area contributed by atoms with Crippen molar-refractivity contribution in [3.05, 3.63) is 47.3 Å². The quantitative estimate of drug-likeness (QED) is 0.870. The van der Waals surface area contributed by atoms with Gasteiger partial charge < -0.3 is 5.32 Å². The molecule has 0 bridgehead atoms. The van der Waals surface area contributed by atoms with Crippen LogP contribution in [0.1, 0.15) is 36.1 Å². The topological polar surface area (TPSA) is 53.6 Å². The van der Waals surface area contributed by atoms with Crippen molar-refractivity contribution in [3.8, 4) is 0 Å². The summed E-state index contributed by atoms with van der Waals surface area (Å²) in [6.45, 7) is 1.03. The summed E-state index contributed by atoms with van der Waals surface area (Å²) in [5.74, 6) is 1.45. The second-order valence-electron chi connectivity index (χ2n) is 4.59. The van der Waals surface area contributed by atoms with Crippen molar-refractivity contribution in [2.45, 2.75) is 25.3 Å². The van der Waals surface area contributed by atoms with Crippen molar-refractivity contribution in [2.75, 3.05) is 6.54 Å². The zero-order chi connectivity index (χ0) is 12.4. The molecule has 1 aromatic carbocycles. The summed E-state index contributed by atoms with van der Waals surface area (Å²) in [5.41, 5.74) is 1.03. The number of hydrogen-bond acceptors (Lipinski definition) is 3. The molecular weight excluding hydrogens is 231 g/mol. The molecule has 2 aromatic rings. The predicted molar refractivity (Wildman–Crippen MR) is 65.6 cm³/mol. The Morgan fingerprint density at radius 2 is 2.11 bits per heavy atom. The molecule has 94 valence electrons. The molecule has 2 N–H and O–H groups in total. The molecule has 1 saturated heterocycles. The van der Waals surface area contributed by atoms with Crippen LogP contribution in [0.15, 0.2) is 24.3 Å². The molecule has 0 aliphatic carbocycles. The fraction of sp³-hybridized carbons (Fsp3) is 0.385. The van der Waals surface area contributed by atoms with E-state index in [0.29, 0.717) is 6.42 Å². The molecule has 0 radical (unpaired) electrons. The molecule has 2 heterocycles. The molecule has 5 heteroatoms. The minimum atomic E-state index is -0.216. The number of halogens is 1. The van der Waals surface area contributed by atoms with Gasteiger partial charge in [-0.05, 0) is 37.1 Å². The molecule has 1 aliphatic rings. The van der Waals surface area contributed by atoms with Gasteiger partial charge in [0.25, 0.3) is 0 Å². The Kier molecular flexibility index (Phi) is 3.06. The Morgan fingerprint density at radius 3 is 2.83 bits per heavy atom. The fourth-order valence-electron chi connectivity index (χ4n) is 2.25. The van der Waals surface area contributed by atoms with E-state index in [9.17, 15) is 4.39 Å². The molecule has 0 amide bonds. The van der Waals surface area contributed by atoms with E-state index >= 15 is 0 Å². The first-order chi connectivity index (χ1) is 8.81. The maximum atomic E-state index is 12.8. The highest BCUT2D eigenvalue weighted by molar-refractivity contribution is 5.19. The van der Waals surface area contributed by atoms with Crippen molar-refractivity contribution in [1.82, 2.24) is 20.5 Å². The van der Waals surface area contributed by atoms with E-state index in [0.717, 1.165) is 30.2 Å². The maximum absolute atomic E-state index is 12.8. The molecule has 0 spiro atoms. The highest BCUT2D eigenvalue weighted by atomic mass is 19.1. The second-order valence-corrected chi connectivity index (χ2v) is 4.59. The van der Waals surface area contributed by atoms with E-state index in [-0.39, 0.29) is 11.9 Å². The first-order valence-corrected chi connectivity index (χ1v) is 6.20. The van der Waals surface area contributed by atoms with E-state index in [1.807, 2.05) is 0 Å². The van der Waals surface area contributed by atoms with Gasteiger partial charge in [-0.3, -0.25) is 5.10 Å². The van der Waals surface area contributed by atoms with Crippen LogP contribution >= 0.6 is 0 Å². The van der Waals surface area contributed by atoms with Gasteiger partial charge in [-0.15, -0.1) is 0 Å². The number of nitrogens with one attached hydrogen (secondary N) is 2. The lowest BCUT2D eigenvalue weighted by Gasteiger charge is -2.02. The number of hydrogen-bond donors (Lipinski definition) is 2. The monoisotopic (exact) mass is 246 g/mol. The van der Waals surface area contributed by atoms with E-state index in [1.54, 1.807) is 12.1 Å². The fourth-order valence-corrected chi connectivity index (χ4v) is 2.25. The van der Waals surface area contributed by atoms with E-state index in [1.165, 1.54) is 18.6 Å². The lowest BCUT2D eigenvalue weighted by molar-refractivity contribution is 0.607. The SMILES string of the molecule is Fc1ccc(Cc2nc(C3CCCN3)n[nH]2)cc1. The zero-order valence-corrected chi connectivity index (χ0v) is 9.99. The van der Waals surface area contributed by atoms with E-state index < -0.39 is 0 Å². The summed E-state index contributed by atoms with van der Waals surface area (Å²) in [5, 5.41) is 10.6. The van der Waals surface area contributed by atoms with Crippen LogP contribution in [-0.2, 0) is 6.42 Å². The summed E-state index contributed by atoms with van der Waals surface area (Å²) in [6.07, 6.45) is 2.92. The zero-order valence-electron chi connectivity index (χ0n) is 9.99. The van der Waals surface area contributed by atoms with Crippen molar-refractivity contribution in [3.63, 3.8) is 0 Å². The van der Waals surface area contributed by atoms with Gasteiger partial charge in [0.2, 0.25) is 0 Å². The highest BCUT2D eigenvalue weighted by Crippen LogP contribution is 2.19. The highest BCUT2D eigenvalue weighted by Gasteiger charge is 2.20. The third-order valence-corrected chi connectivity index (χ3v) is 3.21. The average Bonchev–Trinajstić information content (AvgIpc) is 3.02. The number of benzene rings is 1. The third-order valence-electron chi connectivity index (χ3n) is 3.21. The van der Waals surface area contributed by atoms with Crippen molar-refractivity contribution in [2.24, 2.45) is 0 Å². The van der Waals surface area contributed by atoms with Crippen molar-refractivity contribution in [1.29, 1.82) is 0 Å². The summed E-state index contributed by atoms with van der Waals surface area (Å²) in [6, 6.07) is 6.75. The van der Waals surface area contributed by atoms with Crippen LogP contribution in [0.2, 0.25) is 0 Å². The molecule has 18 heavy (non-hydrogen) atoms. The molecule has 1 fully saturated rings. The molecule has 1 aliphatic heterocycles. The van der Waals surface area contributed by atoms with Crippen LogP contribution in [0.5, 0.6) is 0 Å². The Balaban J connectivity index is 1.71. The van der Waals surface area contributed by atoms with Crippen molar-refractivity contribution >= 4 is 0 Å². The number of aromatic nitrogens is 3. The lowest BCUT2D eigenvalue weighted by Crippen LogP contribution is -2.14. The van der Waals surface area contributed by atoms with Crippen LogP contribution in [0.3, 0.4) is 0 Å². The van der Waals surface area contributed by atoms with Gasteiger partial charge in [-0.25, -0.2) is 9.37 Å². The molecule has 1 atom stereocenters. The Morgan fingerprint density at radius 1 is 1.28 bits per heavy atom. The largest absolute Gasteiger partial charge is 0.307 e. The van der Waals surface area contributed by atoms with Crippen LogP contribution in [0.25, 0.3) is 0 Å². The van der Waals surface area contributed by atoms with Crippen LogP contribution in [-0.4, -0.2) is 21.7 Å². The first-order valence-electron chi connectivity index (χ1n) is 6.20. The van der Waals surface area contributed by atoms with E-state index in [4.69, 9.17) is 0 Å². The summed E-state index contributed by atoms with van der Waals surface area (Å²) < 4.78 is 12.8. The van der Waals surface area contributed by atoms with Crippen LogP contribution < -0.4 is 5.32 Å². The van der Waals surface area contributed by atoms with Gasteiger partial charge in [0.15, 0.2) is 5.82 Å². The number of aromatic amines is 1. The Bertz CT molecular complexity index is 514. The molecule has 1 unspecified atom stereocenters. The minimum Gasteiger partial charge on any atom is -0.307 e. The summed E-state index contributed by atoms with van der Waals surface area (Å²) in [4.78, 5) is 4.49. The number of rotatable bonds is 3.